The van der Waals surface area contributed by atoms with Crippen LogP contribution in [0, 0.1) is 16.0 Å². The molecule has 2 heterocycles. The molecule has 13 heteroatoms. The lowest BCUT2D eigenvalue weighted by Gasteiger charge is -2.45. The SMILES string of the molecule is CCc1cc(-c2ccc(OC)cc2)c(C#N)c(=S)n1C1OC(COC(C)=O)C(OC(C)=O)C(OC(C)=O)C1OC(C)=O. The third kappa shape index (κ3) is 7.32. The Kier molecular flexibility index (Phi) is 10.8. The number of aryl methyl sites for hydroxylation is 1. The van der Waals surface area contributed by atoms with Gasteiger partial charge in [0.15, 0.2) is 24.5 Å². The number of rotatable bonds is 9. The van der Waals surface area contributed by atoms with E-state index in [1.54, 1.807) is 37.4 Å². The summed E-state index contributed by atoms with van der Waals surface area (Å²) in [5.74, 6) is -2.24. The molecule has 5 atom stereocenters. The van der Waals surface area contributed by atoms with Gasteiger partial charge in [0, 0.05) is 39.0 Å². The van der Waals surface area contributed by atoms with Crippen LogP contribution in [0.1, 0.15) is 52.1 Å². The maximum atomic E-state index is 12.3. The van der Waals surface area contributed by atoms with Crippen LogP contribution in [0.5, 0.6) is 5.75 Å². The molecule has 1 aromatic carbocycles. The van der Waals surface area contributed by atoms with Gasteiger partial charge in [-0.2, -0.15) is 5.26 Å². The maximum absolute atomic E-state index is 12.3. The number of carbonyl (C=O) groups excluding carboxylic acids is 4. The van der Waals surface area contributed by atoms with E-state index in [0.29, 0.717) is 29.0 Å². The van der Waals surface area contributed by atoms with Crippen molar-refractivity contribution in [2.45, 2.75) is 71.7 Å². The number of carbonyl (C=O) groups is 4. The van der Waals surface area contributed by atoms with Gasteiger partial charge in [-0.15, -0.1) is 0 Å². The van der Waals surface area contributed by atoms with E-state index in [1.807, 2.05) is 6.92 Å². The summed E-state index contributed by atoms with van der Waals surface area (Å²) in [5.41, 5.74) is 2.00. The number of ether oxygens (including phenoxy) is 6. The molecular formula is C29H32N2O10S. The first-order chi connectivity index (χ1) is 19.9. The van der Waals surface area contributed by atoms with E-state index in [1.165, 1.54) is 11.5 Å². The summed E-state index contributed by atoms with van der Waals surface area (Å²) in [6, 6.07) is 11.0. The average molecular weight is 601 g/mol. The molecule has 0 spiro atoms. The van der Waals surface area contributed by atoms with Crippen LogP contribution >= 0.6 is 12.2 Å². The number of nitriles is 1. The van der Waals surface area contributed by atoms with Gasteiger partial charge in [0.05, 0.1) is 12.7 Å². The summed E-state index contributed by atoms with van der Waals surface area (Å²) in [6.45, 7) is 6.09. The third-order valence-corrected chi connectivity index (χ3v) is 6.82. The van der Waals surface area contributed by atoms with E-state index in [9.17, 15) is 24.4 Å². The van der Waals surface area contributed by atoms with Crippen molar-refractivity contribution < 1.29 is 47.6 Å². The Bertz CT molecular complexity index is 1450. The van der Waals surface area contributed by atoms with Crippen molar-refractivity contribution in [2.24, 2.45) is 0 Å². The van der Waals surface area contributed by atoms with Crippen molar-refractivity contribution in [1.29, 1.82) is 5.26 Å². The number of benzene rings is 1. The Labute approximate surface area is 248 Å². The van der Waals surface area contributed by atoms with Gasteiger partial charge in [0.1, 0.15) is 29.2 Å². The van der Waals surface area contributed by atoms with Crippen LogP contribution < -0.4 is 4.74 Å². The van der Waals surface area contributed by atoms with Gasteiger partial charge >= 0.3 is 23.9 Å². The highest BCUT2D eigenvalue weighted by Crippen LogP contribution is 2.38. The van der Waals surface area contributed by atoms with E-state index in [-0.39, 0.29) is 10.2 Å². The number of methoxy groups -OCH3 is 1. The zero-order valence-electron chi connectivity index (χ0n) is 24.1. The Morgan fingerprint density at radius 1 is 0.929 bits per heavy atom. The van der Waals surface area contributed by atoms with Crippen molar-refractivity contribution in [3.8, 4) is 22.9 Å². The second kappa shape index (κ2) is 14.1. The van der Waals surface area contributed by atoms with Crippen LogP contribution in [-0.2, 0) is 49.3 Å². The summed E-state index contributed by atoms with van der Waals surface area (Å²) >= 11 is 5.82. The fourth-order valence-electron chi connectivity index (χ4n) is 4.75. The largest absolute Gasteiger partial charge is 0.497 e. The minimum Gasteiger partial charge on any atom is -0.497 e. The molecule has 224 valence electrons. The minimum absolute atomic E-state index is 0.0589. The number of esters is 4. The second-order valence-electron chi connectivity index (χ2n) is 9.38. The fraction of sp³-hybridized carbons (Fsp3) is 0.448. The first-order valence-electron chi connectivity index (χ1n) is 13.0. The molecule has 1 aliphatic rings. The minimum atomic E-state index is -1.38. The van der Waals surface area contributed by atoms with Crippen LogP contribution in [0.2, 0.25) is 0 Å². The molecular weight excluding hydrogens is 568 g/mol. The predicted octanol–water partition coefficient (Wildman–Crippen LogP) is 3.58. The highest BCUT2D eigenvalue weighted by molar-refractivity contribution is 7.71. The van der Waals surface area contributed by atoms with Gasteiger partial charge in [-0.05, 0) is 30.2 Å². The van der Waals surface area contributed by atoms with Crippen LogP contribution in [0.4, 0.5) is 0 Å². The van der Waals surface area contributed by atoms with Crippen molar-refractivity contribution in [3.63, 3.8) is 0 Å². The highest BCUT2D eigenvalue weighted by Gasteiger charge is 2.53. The molecule has 42 heavy (non-hydrogen) atoms. The average Bonchev–Trinajstić information content (AvgIpc) is 2.93. The van der Waals surface area contributed by atoms with Crippen LogP contribution in [-0.4, -0.2) is 66.6 Å². The van der Waals surface area contributed by atoms with Crippen LogP contribution in [0.3, 0.4) is 0 Å². The lowest BCUT2D eigenvalue weighted by Crippen LogP contribution is -2.60. The van der Waals surface area contributed by atoms with Crippen LogP contribution in [0.15, 0.2) is 30.3 Å². The molecule has 1 saturated heterocycles. The molecule has 0 N–H and O–H groups in total. The second-order valence-corrected chi connectivity index (χ2v) is 9.77. The van der Waals surface area contributed by atoms with Crippen molar-refractivity contribution >= 4 is 36.1 Å². The Morgan fingerprint density at radius 2 is 1.50 bits per heavy atom. The normalized spacial score (nSPS) is 21.4. The topological polar surface area (TPSA) is 152 Å². The fourth-order valence-corrected chi connectivity index (χ4v) is 5.12. The zero-order chi connectivity index (χ0) is 31.1. The van der Waals surface area contributed by atoms with E-state index < -0.39 is 61.1 Å². The summed E-state index contributed by atoms with van der Waals surface area (Å²) < 4.78 is 34.9. The van der Waals surface area contributed by atoms with E-state index in [4.69, 9.17) is 40.6 Å². The first-order valence-corrected chi connectivity index (χ1v) is 13.5. The number of hydrogen-bond acceptors (Lipinski definition) is 12. The Balaban J connectivity index is 2.28. The van der Waals surface area contributed by atoms with Gasteiger partial charge < -0.3 is 33.0 Å². The Hall–Kier alpha value is -4.28. The molecule has 0 saturated carbocycles. The molecule has 5 unspecified atom stereocenters. The third-order valence-electron chi connectivity index (χ3n) is 6.42. The smallest absolute Gasteiger partial charge is 0.303 e. The molecule has 0 amide bonds. The molecule has 2 aromatic rings. The Morgan fingerprint density at radius 3 is 2.00 bits per heavy atom. The van der Waals surface area contributed by atoms with Crippen molar-refractivity contribution in [1.82, 2.24) is 4.57 Å². The molecule has 3 rings (SSSR count). The summed E-state index contributed by atoms with van der Waals surface area (Å²) in [6.07, 6.45) is -6.12. The lowest BCUT2D eigenvalue weighted by atomic mass is 9.95. The van der Waals surface area contributed by atoms with Gasteiger partial charge in [-0.25, -0.2) is 0 Å². The van der Waals surface area contributed by atoms with Crippen LogP contribution in [0.25, 0.3) is 11.1 Å². The first kappa shape index (κ1) is 32.2. The molecule has 1 fully saturated rings. The zero-order valence-corrected chi connectivity index (χ0v) is 24.9. The van der Waals surface area contributed by atoms with E-state index >= 15 is 0 Å². The standard InChI is InChI=1S/C29H32N2O10S/c1-7-20-12-22(19-8-10-21(36-6)11-9-19)23(13-30)29(42)31(20)28-27(40-18(5)35)26(39-17(4)34)25(38-16(3)33)24(41-28)14-37-15(2)32/h8-12,24-28H,7,14H2,1-6H3. The summed E-state index contributed by atoms with van der Waals surface area (Å²) in [4.78, 5) is 48.3. The lowest BCUT2D eigenvalue weighted by molar-refractivity contribution is -0.269. The summed E-state index contributed by atoms with van der Waals surface area (Å²) in [7, 11) is 1.55. The van der Waals surface area contributed by atoms with Gasteiger partial charge in [0.2, 0.25) is 0 Å². The quantitative estimate of drug-likeness (QED) is 0.235. The molecule has 0 aliphatic carbocycles. The molecule has 0 bridgehead atoms. The molecule has 1 aromatic heterocycles. The molecule has 0 radical (unpaired) electrons. The number of nitrogens with zero attached hydrogens (tertiary/aromatic N) is 2. The van der Waals surface area contributed by atoms with Gasteiger partial charge in [0.25, 0.3) is 0 Å². The molecule has 12 nitrogen and oxygen atoms in total. The van der Waals surface area contributed by atoms with Gasteiger partial charge in [-0.1, -0.05) is 31.3 Å². The monoisotopic (exact) mass is 600 g/mol. The van der Waals surface area contributed by atoms with E-state index in [2.05, 4.69) is 6.07 Å². The number of pyridine rings is 1. The highest BCUT2D eigenvalue weighted by atomic mass is 32.1. The molecule has 1 aliphatic heterocycles. The number of hydrogen-bond donors (Lipinski definition) is 0. The number of aromatic nitrogens is 1. The predicted molar refractivity (Wildman–Crippen MR) is 149 cm³/mol. The van der Waals surface area contributed by atoms with Crippen molar-refractivity contribution in [3.05, 3.63) is 46.2 Å². The van der Waals surface area contributed by atoms with Gasteiger partial charge in [-0.3, -0.25) is 19.2 Å². The summed E-state index contributed by atoms with van der Waals surface area (Å²) in [5, 5.41) is 10.2. The van der Waals surface area contributed by atoms with Crippen molar-refractivity contribution in [2.75, 3.05) is 13.7 Å². The maximum Gasteiger partial charge on any atom is 0.303 e. The van der Waals surface area contributed by atoms with E-state index in [0.717, 1.165) is 20.8 Å².